The number of rotatable bonds is 3. The number of nitrogens with one attached hydrogen (secondary N) is 2. The van der Waals surface area contributed by atoms with Gasteiger partial charge in [0.15, 0.2) is 0 Å². The first-order chi connectivity index (χ1) is 11.4. The molecule has 6 nitrogen and oxygen atoms in total. The molecule has 0 saturated carbocycles. The second kappa shape index (κ2) is 6.24. The Morgan fingerprint density at radius 1 is 1.25 bits per heavy atom. The summed E-state index contributed by atoms with van der Waals surface area (Å²) in [5.41, 5.74) is 5.77. The largest absolute Gasteiger partial charge is 0.321 e. The van der Waals surface area contributed by atoms with E-state index >= 15 is 0 Å². The minimum atomic E-state index is -0.227. The average molecular weight is 388 g/mol. The number of halogens is 1. The number of aromatic nitrogens is 4. The molecule has 1 amide bonds. The van der Waals surface area contributed by atoms with Crippen LogP contribution >= 0.6 is 15.9 Å². The van der Waals surface area contributed by atoms with Gasteiger partial charge in [0.25, 0.3) is 5.91 Å². The molecule has 124 valence electrons. The van der Waals surface area contributed by atoms with Gasteiger partial charge in [-0.2, -0.15) is 10.2 Å². The van der Waals surface area contributed by atoms with E-state index in [1.807, 2.05) is 50.7 Å². The van der Waals surface area contributed by atoms with Gasteiger partial charge < -0.3 is 5.32 Å². The Morgan fingerprint density at radius 2 is 2.00 bits per heavy atom. The number of carbonyl (C=O) groups excluding carboxylic acids is 1. The summed E-state index contributed by atoms with van der Waals surface area (Å²) in [4.78, 5) is 12.4. The molecule has 0 unspecified atom stereocenters. The highest BCUT2D eigenvalue weighted by atomic mass is 79.9. The maximum atomic E-state index is 12.4. The van der Waals surface area contributed by atoms with Crippen molar-refractivity contribution in [1.82, 2.24) is 20.0 Å². The lowest BCUT2D eigenvalue weighted by Crippen LogP contribution is -2.12. The number of anilines is 1. The monoisotopic (exact) mass is 387 g/mol. The zero-order chi connectivity index (χ0) is 17.4. The van der Waals surface area contributed by atoms with Crippen LogP contribution in [-0.4, -0.2) is 25.9 Å². The molecule has 0 aliphatic carbocycles. The molecule has 0 aliphatic heterocycles. The number of nitrogens with zero attached hydrogens (tertiary/aromatic N) is 3. The molecule has 0 radical (unpaired) electrons. The summed E-state index contributed by atoms with van der Waals surface area (Å²) in [6, 6.07) is 7.42. The molecule has 0 spiro atoms. The number of amides is 1. The minimum Gasteiger partial charge on any atom is -0.321 e. The maximum Gasteiger partial charge on any atom is 0.273 e. The first-order valence-corrected chi connectivity index (χ1v) is 8.29. The Balaban J connectivity index is 1.84. The summed E-state index contributed by atoms with van der Waals surface area (Å²) in [6.45, 7) is 5.89. The molecular weight excluding hydrogens is 370 g/mol. The van der Waals surface area contributed by atoms with Crippen molar-refractivity contribution in [3.8, 4) is 11.3 Å². The SMILES string of the molecule is Cc1cc(NC(=O)c2cc(-c3c(C)nn(C)c3C)n[nH]2)ccc1Br. The average Bonchev–Trinajstić information content (AvgIpc) is 3.09. The Labute approximate surface area is 148 Å². The minimum absolute atomic E-state index is 0.227. The fraction of sp³-hybridized carbons (Fsp3) is 0.235. The molecule has 2 heterocycles. The van der Waals surface area contributed by atoms with Crippen LogP contribution in [-0.2, 0) is 7.05 Å². The Bertz CT molecular complexity index is 925. The zero-order valence-corrected chi connectivity index (χ0v) is 15.5. The van der Waals surface area contributed by atoms with E-state index < -0.39 is 0 Å². The first kappa shape index (κ1) is 16.4. The summed E-state index contributed by atoms with van der Waals surface area (Å²) in [5, 5.41) is 14.3. The summed E-state index contributed by atoms with van der Waals surface area (Å²) >= 11 is 3.45. The van der Waals surface area contributed by atoms with Crippen molar-refractivity contribution in [3.63, 3.8) is 0 Å². The predicted molar refractivity (Wildman–Crippen MR) is 97.1 cm³/mol. The second-order valence-electron chi connectivity index (χ2n) is 5.75. The lowest BCUT2D eigenvalue weighted by atomic mass is 10.1. The highest BCUT2D eigenvalue weighted by Crippen LogP contribution is 2.25. The Morgan fingerprint density at radius 3 is 2.62 bits per heavy atom. The van der Waals surface area contributed by atoms with Crippen molar-refractivity contribution in [3.05, 3.63) is 51.4 Å². The molecule has 24 heavy (non-hydrogen) atoms. The van der Waals surface area contributed by atoms with Gasteiger partial charge in [0.1, 0.15) is 5.69 Å². The predicted octanol–water partition coefficient (Wildman–Crippen LogP) is 3.75. The molecule has 0 saturated heterocycles. The topological polar surface area (TPSA) is 75.6 Å². The molecule has 0 bridgehead atoms. The summed E-state index contributed by atoms with van der Waals surface area (Å²) in [7, 11) is 1.89. The van der Waals surface area contributed by atoms with E-state index in [1.165, 1.54) is 0 Å². The molecule has 2 N–H and O–H groups in total. The lowest BCUT2D eigenvalue weighted by molar-refractivity contribution is 0.102. The van der Waals surface area contributed by atoms with Crippen LogP contribution in [0, 0.1) is 20.8 Å². The highest BCUT2D eigenvalue weighted by molar-refractivity contribution is 9.10. The maximum absolute atomic E-state index is 12.4. The van der Waals surface area contributed by atoms with E-state index in [9.17, 15) is 4.79 Å². The van der Waals surface area contributed by atoms with E-state index in [-0.39, 0.29) is 5.91 Å². The van der Waals surface area contributed by atoms with Gasteiger partial charge in [-0.3, -0.25) is 14.6 Å². The van der Waals surface area contributed by atoms with E-state index in [4.69, 9.17) is 0 Å². The Kier molecular flexibility index (Phi) is 4.28. The molecule has 3 aromatic rings. The van der Waals surface area contributed by atoms with Crippen molar-refractivity contribution < 1.29 is 4.79 Å². The van der Waals surface area contributed by atoms with Crippen LogP contribution in [0.3, 0.4) is 0 Å². The van der Waals surface area contributed by atoms with E-state index in [0.717, 1.165) is 38.4 Å². The number of carbonyl (C=O) groups is 1. The standard InChI is InChI=1S/C17H18BrN5O/c1-9-7-12(5-6-13(9)18)19-17(24)15-8-14(20-21-15)16-10(2)22-23(4)11(16)3/h5-8H,1-4H3,(H,19,24)(H,20,21). The van der Waals surface area contributed by atoms with Gasteiger partial charge in [0.2, 0.25) is 0 Å². The smallest absolute Gasteiger partial charge is 0.273 e. The molecule has 3 rings (SSSR count). The van der Waals surface area contributed by atoms with Gasteiger partial charge in [0, 0.05) is 28.5 Å². The van der Waals surface area contributed by atoms with Crippen molar-refractivity contribution in [1.29, 1.82) is 0 Å². The van der Waals surface area contributed by atoms with Crippen molar-refractivity contribution in [2.45, 2.75) is 20.8 Å². The van der Waals surface area contributed by atoms with Crippen LogP contribution in [0.15, 0.2) is 28.7 Å². The molecule has 0 fully saturated rings. The second-order valence-corrected chi connectivity index (χ2v) is 6.61. The van der Waals surface area contributed by atoms with Crippen molar-refractivity contribution >= 4 is 27.5 Å². The lowest BCUT2D eigenvalue weighted by Gasteiger charge is -2.05. The number of H-pyrrole nitrogens is 1. The number of aryl methyl sites for hydroxylation is 3. The molecular formula is C17H18BrN5O. The van der Waals surface area contributed by atoms with E-state index in [0.29, 0.717) is 5.69 Å². The number of hydrogen-bond donors (Lipinski definition) is 2. The normalized spacial score (nSPS) is 10.9. The third-order valence-electron chi connectivity index (χ3n) is 4.00. The summed E-state index contributed by atoms with van der Waals surface area (Å²) in [6.07, 6.45) is 0. The zero-order valence-electron chi connectivity index (χ0n) is 13.9. The van der Waals surface area contributed by atoms with Gasteiger partial charge in [-0.25, -0.2) is 0 Å². The van der Waals surface area contributed by atoms with Crippen LogP contribution in [0.2, 0.25) is 0 Å². The van der Waals surface area contributed by atoms with Gasteiger partial charge in [-0.05, 0) is 50.6 Å². The Hall–Kier alpha value is -2.41. The van der Waals surface area contributed by atoms with Crippen LogP contribution < -0.4 is 5.32 Å². The van der Waals surface area contributed by atoms with E-state index in [2.05, 4.69) is 36.5 Å². The molecule has 7 heteroatoms. The number of hydrogen-bond acceptors (Lipinski definition) is 3. The van der Waals surface area contributed by atoms with E-state index in [1.54, 1.807) is 6.07 Å². The fourth-order valence-electron chi connectivity index (χ4n) is 2.63. The van der Waals surface area contributed by atoms with Gasteiger partial charge in [0.05, 0.1) is 11.4 Å². The molecule has 1 aromatic carbocycles. The van der Waals surface area contributed by atoms with Crippen molar-refractivity contribution in [2.75, 3.05) is 5.32 Å². The molecule has 0 aliphatic rings. The van der Waals surface area contributed by atoms with Crippen LogP contribution in [0.4, 0.5) is 5.69 Å². The fourth-order valence-corrected chi connectivity index (χ4v) is 2.88. The van der Waals surface area contributed by atoms with Crippen LogP contribution in [0.25, 0.3) is 11.3 Å². The molecule has 0 atom stereocenters. The first-order valence-electron chi connectivity index (χ1n) is 7.50. The summed E-state index contributed by atoms with van der Waals surface area (Å²) < 4.78 is 2.82. The number of benzene rings is 1. The third-order valence-corrected chi connectivity index (χ3v) is 4.89. The van der Waals surface area contributed by atoms with Gasteiger partial charge >= 0.3 is 0 Å². The molecule has 2 aromatic heterocycles. The summed E-state index contributed by atoms with van der Waals surface area (Å²) in [5.74, 6) is -0.227. The van der Waals surface area contributed by atoms with Gasteiger partial charge in [-0.15, -0.1) is 0 Å². The number of aromatic amines is 1. The van der Waals surface area contributed by atoms with Crippen molar-refractivity contribution in [2.24, 2.45) is 7.05 Å². The van der Waals surface area contributed by atoms with Gasteiger partial charge in [-0.1, -0.05) is 15.9 Å². The highest BCUT2D eigenvalue weighted by Gasteiger charge is 2.17. The third kappa shape index (κ3) is 2.99. The van der Waals surface area contributed by atoms with Crippen LogP contribution in [0.5, 0.6) is 0 Å². The quantitative estimate of drug-likeness (QED) is 0.718. The van der Waals surface area contributed by atoms with Crippen LogP contribution in [0.1, 0.15) is 27.4 Å².